The predicted octanol–water partition coefficient (Wildman–Crippen LogP) is 8.12. The maximum atomic E-state index is 2.41. The molecule has 0 spiro atoms. The van der Waals surface area contributed by atoms with Crippen LogP contribution in [0.15, 0.2) is 0 Å². The molecule has 0 saturated carbocycles. The van der Waals surface area contributed by atoms with Crippen molar-refractivity contribution < 1.29 is 4.48 Å². The summed E-state index contributed by atoms with van der Waals surface area (Å²) >= 11 is 0. The van der Waals surface area contributed by atoms with E-state index in [1.807, 2.05) is 0 Å². The standard InChI is InChI=1S/C24H52N/c1-6-11-15-16-17-18-20-24(19-10-5)25(21-12-7-2,22-13-8-3)23-14-9-4/h24H,6-23H2,1-5H3/q+1. The summed E-state index contributed by atoms with van der Waals surface area (Å²) in [6.45, 7) is 16.2. The molecule has 1 unspecified atom stereocenters. The first-order valence-electron chi connectivity index (χ1n) is 12.1. The molecule has 0 amide bonds. The summed E-state index contributed by atoms with van der Waals surface area (Å²) in [6, 6.07) is 0.931. The number of nitrogens with zero attached hydrogens (tertiary/aromatic N) is 1. The average molecular weight is 355 g/mol. The molecule has 0 aromatic rings. The highest BCUT2D eigenvalue weighted by Gasteiger charge is 2.34. The van der Waals surface area contributed by atoms with Crippen LogP contribution in [0.4, 0.5) is 0 Å². The maximum absolute atomic E-state index is 2.41. The van der Waals surface area contributed by atoms with Crippen molar-refractivity contribution in [1.29, 1.82) is 0 Å². The third-order valence-corrected chi connectivity index (χ3v) is 6.16. The normalized spacial score (nSPS) is 13.3. The van der Waals surface area contributed by atoms with E-state index in [0.717, 1.165) is 6.04 Å². The summed E-state index contributed by atoms with van der Waals surface area (Å²) < 4.78 is 1.46. The van der Waals surface area contributed by atoms with Gasteiger partial charge in [0.2, 0.25) is 0 Å². The lowest BCUT2D eigenvalue weighted by Crippen LogP contribution is -2.57. The van der Waals surface area contributed by atoms with Crippen LogP contribution in [0.3, 0.4) is 0 Å². The van der Waals surface area contributed by atoms with Gasteiger partial charge in [0.15, 0.2) is 0 Å². The van der Waals surface area contributed by atoms with Gasteiger partial charge < -0.3 is 4.48 Å². The Hall–Kier alpha value is -0.0400. The summed E-state index contributed by atoms with van der Waals surface area (Å²) in [5, 5.41) is 0. The van der Waals surface area contributed by atoms with Crippen molar-refractivity contribution in [3.63, 3.8) is 0 Å². The summed E-state index contributed by atoms with van der Waals surface area (Å²) in [5.74, 6) is 0. The van der Waals surface area contributed by atoms with Crippen LogP contribution in [0.2, 0.25) is 0 Å². The molecule has 0 aromatic heterocycles. The fraction of sp³-hybridized carbons (Fsp3) is 1.00. The zero-order valence-electron chi connectivity index (χ0n) is 18.8. The van der Waals surface area contributed by atoms with E-state index in [2.05, 4.69) is 34.6 Å². The van der Waals surface area contributed by atoms with Gasteiger partial charge >= 0.3 is 0 Å². The lowest BCUT2D eigenvalue weighted by Gasteiger charge is -2.46. The monoisotopic (exact) mass is 354 g/mol. The van der Waals surface area contributed by atoms with Crippen LogP contribution in [0.5, 0.6) is 0 Å². The van der Waals surface area contributed by atoms with Gasteiger partial charge in [-0.3, -0.25) is 0 Å². The van der Waals surface area contributed by atoms with Crippen LogP contribution >= 0.6 is 0 Å². The largest absolute Gasteiger partial charge is 0.321 e. The molecular weight excluding hydrogens is 302 g/mol. The van der Waals surface area contributed by atoms with Crippen LogP contribution in [-0.4, -0.2) is 30.2 Å². The first kappa shape index (κ1) is 25.0. The van der Waals surface area contributed by atoms with Crippen molar-refractivity contribution in [2.45, 2.75) is 137 Å². The molecular formula is C24H52N+. The molecule has 0 N–H and O–H groups in total. The van der Waals surface area contributed by atoms with Gasteiger partial charge in [-0.2, -0.15) is 0 Å². The predicted molar refractivity (Wildman–Crippen MR) is 116 cm³/mol. The third kappa shape index (κ3) is 11.3. The van der Waals surface area contributed by atoms with E-state index >= 15 is 0 Å². The van der Waals surface area contributed by atoms with Gasteiger partial charge in [0.1, 0.15) is 0 Å². The highest BCUT2D eigenvalue weighted by Crippen LogP contribution is 2.27. The topological polar surface area (TPSA) is 0 Å². The van der Waals surface area contributed by atoms with Gasteiger partial charge in [-0.05, 0) is 38.5 Å². The Morgan fingerprint density at radius 1 is 0.440 bits per heavy atom. The van der Waals surface area contributed by atoms with Crippen LogP contribution in [0.1, 0.15) is 131 Å². The van der Waals surface area contributed by atoms with E-state index in [9.17, 15) is 0 Å². The summed E-state index contributed by atoms with van der Waals surface area (Å²) in [6.07, 6.45) is 21.3. The van der Waals surface area contributed by atoms with E-state index in [4.69, 9.17) is 0 Å². The Kier molecular flexibility index (Phi) is 17.3. The lowest BCUT2D eigenvalue weighted by atomic mass is 9.96. The first-order valence-corrected chi connectivity index (χ1v) is 12.1. The second kappa shape index (κ2) is 17.4. The Labute approximate surface area is 161 Å². The molecule has 0 heterocycles. The quantitative estimate of drug-likeness (QED) is 0.162. The molecule has 0 bridgehead atoms. The van der Waals surface area contributed by atoms with Crippen LogP contribution in [0.25, 0.3) is 0 Å². The van der Waals surface area contributed by atoms with E-state index in [-0.39, 0.29) is 0 Å². The van der Waals surface area contributed by atoms with E-state index < -0.39 is 0 Å². The third-order valence-electron chi connectivity index (χ3n) is 6.16. The SMILES string of the molecule is CCCCCCCCC(CCC)[N+](CCCC)(CCCC)CCCC. The molecule has 152 valence electrons. The molecule has 0 aliphatic heterocycles. The smallest absolute Gasteiger partial charge is 0.0890 e. The van der Waals surface area contributed by atoms with Gasteiger partial charge in [-0.15, -0.1) is 0 Å². The van der Waals surface area contributed by atoms with Crippen molar-refractivity contribution in [2.24, 2.45) is 0 Å². The van der Waals surface area contributed by atoms with Gasteiger partial charge in [0, 0.05) is 0 Å². The molecule has 0 aliphatic carbocycles. The summed E-state index contributed by atoms with van der Waals surface area (Å²) in [4.78, 5) is 0. The fourth-order valence-corrected chi connectivity index (χ4v) is 4.49. The Balaban J connectivity index is 4.88. The van der Waals surface area contributed by atoms with Crippen molar-refractivity contribution in [3.05, 3.63) is 0 Å². The van der Waals surface area contributed by atoms with Gasteiger partial charge in [0.05, 0.1) is 25.7 Å². The molecule has 1 atom stereocenters. The highest BCUT2D eigenvalue weighted by molar-refractivity contribution is 4.64. The molecule has 0 saturated heterocycles. The number of hydrogen-bond acceptors (Lipinski definition) is 0. The Bertz CT molecular complexity index is 239. The van der Waals surface area contributed by atoms with E-state index in [0.29, 0.717) is 0 Å². The van der Waals surface area contributed by atoms with Crippen molar-refractivity contribution in [2.75, 3.05) is 19.6 Å². The first-order chi connectivity index (χ1) is 12.2. The molecule has 0 rings (SSSR count). The maximum Gasteiger partial charge on any atom is 0.0890 e. The lowest BCUT2D eigenvalue weighted by molar-refractivity contribution is -0.952. The molecule has 0 aromatic carbocycles. The van der Waals surface area contributed by atoms with Crippen molar-refractivity contribution in [3.8, 4) is 0 Å². The summed E-state index contributed by atoms with van der Waals surface area (Å²) in [7, 11) is 0. The number of hydrogen-bond donors (Lipinski definition) is 0. The Morgan fingerprint density at radius 3 is 1.32 bits per heavy atom. The molecule has 0 radical (unpaired) electrons. The second-order valence-corrected chi connectivity index (χ2v) is 8.45. The molecule has 0 aliphatic rings. The Morgan fingerprint density at radius 2 is 0.880 bits per heavy atom. The minimum absolute atomic E-state index is 0.931. The highest BCUT2D eigenvalue weighted by atomic mass is 15.4. The number of quaternary nitrogens is 1. The second-order valence-electron chi connectivity index (χ2n) is 8.45. The molecule has 1 nitrogen and oxygen atoms in total. The minimum atomic E-state index is 0.931. The van der Waals surface area contributed by atoms with Gasteiger partial charge in [0.25, 0.3) is 0 Å². The van der Waals surface area contributed by atoms with Crippen LogP contribution < -0.4 is 0 Å². The molecule has 25 heavy (non-hydrogen) atoms. The minimum Gasteiger partial charge on any atom is -0.321 e. The summed E-state index contributed by atoms with van der Waals surface area (Å²) in [5.41, 5.74) is 0. The number of rotatable bonds is 19. The van der Waals surface area contributed by atoms with Crippen molar-refractivity contribution in [1.82, 2.24) is 0 Å². The molecule has 1 heteroatoms. The van der Waals surface area contributed by atoms with E-state index in [1.54, 1.807) is 0 Å². The fourth-order valence-electron chi connectivity index (χ4n) is 4.49. The molecule has 0 fully saturated rings. The number of unbranched alkanes of at least 4 members (excludes halogenated alkanes) is 8. The van der Waals surface area contributed by atoms with Gasteiger partial charge in [-0.25, -0.2) is 0 Å². The van der Waals surface area contributed by atoms with E-state index in [1.165, 1.54) is 120 Å². The average Bonchev–Trinajstić information content (AvgIpc) is 2.63. The van der Waals surface area contributed by atoms with Crippen molar-refractivity contribution >= 4 is 0 Å². The zero-order chi connectivity index (χ0) is 18.8. The van der Waals surface area contributed by atoms with Gasteiger partial charge in [-0.1, -0.05) is 92.4 Å². The zero-order valence-corrected chi connectivity index (χ0v) is 18.8. The van der Waals surface area contributed by atoms with Crippen LogP contribution in [-0.2, 0) is 0 Å². The van der Waals surface area contributed by atoms with Crippen LogP contribution in [0, 0.1) is 0 Å².